The summed E-state index contributed by atoms with van der Waals surface area (Å²) in [6.45, 7) is 7.27. The van der Waals surface area contributed by atoms with E-state index >= 15 is 0 Å². The number of aryl methyl sites for hydroxylation is 2. The number of nitrogens with two attached hydrogens (primary N) is 1. The van der Waals surface area contributed by atoms with Gasteiger partial charge in [0.25, 0.3) is 0 Å². The van der Waals surface area contributed by atoms with Crippen molar-refractivity contribution in [3.05, 3.63) is 34.9 Å². The quantitative estimate of drug-likeness (QED) is 0.754. The van der Waals surface area contributed by atoms with Crippen molar-refractivity contribution in [3.8, 4) is 0 Å². The molecule has 0 spiro atoms. The second-order valence-electron chi connectivity index (χ2n) is 3.97. The first-order chi connectivity index (χ1) is 6.13. The van der Waals surface area contributed by atoms with Gasteiger partial charge in [-0.2, -0.15) is 0 Å². The third kappa shape index (κ3) is 2.85. The summed E-state index contributed by atoms with van der Waals surface area (Å²) in [5.74, 6) is 0.584. The zero-order valence-electron chi connectivity index (χ0n) is 8.80. The van der Waals surface area contributed by atoms with Crippen LogP contribution in [0.5, 0.6) is 0 Å². The van der Waals surface area contributed by atoms with Crippen molar-refractivity contribution in [2.75, 3.05) is 6.54 Å². The van der Waals surface area contributed by atoms with E-state index in [4.69, 9.17) is 5.73 Å². The summed E-state index contributed by atoms with van der Waals surface area (Å²) < 4.78 is 0. The van der Waals surface area contributed by atoms with Crippen LogP contribution >= 0.6 is 0 Å². The molecule has 0 saturated heterocycles. The number of hydrogen-bond acceptors (Lipinski definition) is 1. The van der Waals surface area contributed by atoms with Gasteiger partial charge >= 0.3 is 0 Å². The SMILES string of the molecule is Cc1ccc(C)c(C[C@H](C)CN)c1. The lowest BCUT2D eigenvalue weighted by atomic mass is 9.96. The van der Waals surface area contributed by atoms with Crippen molar-refractivity contribution in [1.82, 2.24) is 0 Å². The number of rotatable bonds is 3. The van der Waals surface area contributed by atoms with Crippen LogP contribution in [0.3, 0.4) is 0 Å². The summed E-state index contributed by atoms with van der Waals surface area (Å²) >= 11 is 0. The average molecular weight is 177 g/mol. The van der Waals surface area contributed by atoms with E-state index in [-0.39, 0.29) is 0 Å². The fourth-order valence-corrected chi connectivity index (χ4v) is 1.48. The Morgan fingerprint density at radius 1 is 1.31 bits per heavy atom. The molecule has 0 aliphatic heterocycles. The first-order valence-corrected chi connectivity index (χ1v) is 4.89. The molecular weight excluding hydrogens is 158 g/mol. The average Bonchev–Trinajstić information content (AvgIpc) is 2.11. The highest BCUT2D eigenvalue weighted by Gasteiger charge is 2.03. The molecule has 0 aromatic heterocycles. The Balaban J connectivity index is 2.81. The van der Waals surface area contributed by atoms with E-state index in [2.05, 4.69) is 39.0 Å². The standard InChI is InChI=1S/C12H19N/c1-9-4-5-11(3)12(6-9)7-10(2)8-13/h4-6,10H,7-8,13H2,1-3H3/t10-/m0/s1. The molecule has 0 fully saturated rings. The maximum absolute atomic E-state index is 5.61. The van der Waals surface area contributed by atoms with Gasteiger partial charge in [-0.05, 0) is 43.9 Å². The van der Waals surface area contributed by atoms with Crippen molar-refractivity contribution in [2.45, 2.75) is 27.2 Å². The van der Waals surface area contributed by atoms with Gasteiger partial charge in [0.05, 0.1) is 0 Å². The lowest BCUT2D eigenvalue weighted by Crippen LogP contribution is -2.13. The molecule has 1 aromatic rings. The smallest absolute Gasteiger partial charge is 0.00483 e. The van der Waals surface area contributed by atoms with Crippen LogP contribution in [0.1, 0.15) is 23.6 Å². The molecule has 2 N–H and O–H groups in total. The summed E-state index contributed by atoms with van der Waals surface area (Å²) in [6.07, 6.45) is 1.10. The van der Waals surface area contributed by atoms with Crippen LogP contribution in [0.4, 0.5) is 0 Å². The maximum atomic E-state index is 5.61. The molecule has 0 bridgehead atoms. The van der Waals surface area contributed by atoms with E-state index in [1.165, 1.54) is 16.7 Å². The summed E-state index contributed by atoms with van der Waals surface area (Å²) in [5.41, 5.74) is 9.77. The van der Waals surface area contributed by atoms with Gasteiger partial charge in [0.1, 0.15) is 0 Å². The second-order valence-corrected chi connectivity index (χ2v) is 3.97. The lowest BCUT2D eigenvalue weighted by molar-refractivity contribution is 0.591. The largest absolute Gasteiger partial charge is 0.330 e. The van der Waals surface area contributed by atoms with E-state index < -0.39 is 0 Å². The molecule has 1 atom stereocenters. The molecule has 0 radical (unpaired) electrons. The van der Waals surface area contributed by atoms with Crippen LogP contribution in [0.15, 0.2) is 18.2 Å². The van der Waals surface area contributed by atoms with E-state index in [0.29, 0.717) is 5.92 Å². The van der Waals surface area contributed by atoms with Crippen LogP contribution in [0.25, 0.3) is 0 Å². The highest BCUT2D eigenvalue weighted by atomic mass is 14.5. The topological polar surface area (TPSA) is 26.0 Å². The summed E-state index contributed by atoms with van der Waals surface area (Å²) in [4.78, 5) is 0. The van der Waals surface area contributed by atoms with Crippen molar-refractivity contribution < 1.29 is 0 Å². The molecule has 1 aromatic carbocycles. The Kier molecular flexibility index (Phi) is 3.49. The van der Waals surface area contributed by atoms with Crippen LogP contribution in [0.2, 0.25) is 0 Å². The number of hydrogen-bond donors (Lipinski definition) is 1. The number of benzene rings is 1. The summed E-state index contributed by atoms with van der Waals surface area (Å²) in [6, 6.07) is 6.61. The van der Waals surface area contributed by atoms with E-state index in [0.717, 1.165) is 13.0 Å². The van der Waals surface area contributed by atoms with Gasteiger partial charge in [0.2, 0.25) is 0 Å². The van der Waals surface area contributed by atoms with Crippen molar-refractivity contribution in [1.29, 1.82) is 0 Å². The molecular formula is C12H19N. The van der Waals surface area contributed by atoms with Crippen molar-refractivity contribution in [3.63, 3.8) is 0 Å². The van der Waals surface area contributed by atoms with Gasteiger partial charge in [-0.1, -0.05) is 30.7 Å². The molecule has 0 unspecified atom stereocenters. The first-order valence-electron chi connectivity index (χ1n) is 4.89. The molecule has 0 saturated carbocycles. The molecule has 1 heteroatoms. The lowest BCUT2D eigenvalue weighted by Gasteiger charge is -2.11. The van der Waals surface area contributed by atoms with E-state index in [9.17, 15) is 0 Å². The molecule has 0 aliphatic carbocycles. The van der Waals surface area contributed by atoms with Gasteiger partial charge in [-0.25, -0.2) is 0 Å². The molecule has 13 heavy (non-hydrogen) atoms. The fraction of sp³-hybridized carbons (Fsp3) is 0.500. The Bertz CT molecular complexity index is 278. The van der Waals surface area contributed by atoms with Crippen molar-refractivity contribution in [2.24, 2.45) is 11.7 Å². The monoisotopic (exact) mass is 177 g/mol. The molecule has 0 amide bonds. The summed E-state index contributed by atoms with van der Waals surface area (Å²) in [5, 5.41) is 0. The zero-order chi connectivity index (χ0) is 9.84. The molecule has 1 rings (SSSR count). The predicted molar refractivity (Wildman–Crippen MR) is 57.8 cm³/mol. The Morgan fingerprint density at radius 2 is 2.00 bits per heavy atom. The van der Waals surface area contributed by atoms with Crippen LogP contribution in [-0.2, 0) is 6.42 Å². The van der Waals surface area contributed by atoms with Crippen LogP contribution in [-0.4, -0.2) is 6.54 Å². The van der Waals surface area contributed by atoms with Crippen LogP contribution < -0.4 is 5.73 Å². The highest BCUT2D eigenvalue weighted by Crippen LogP contribution is 2.14. The predicted octanol–water partition coefficient (Wildman–Crippen LogP) is 2.44. The Labute approximate surface area is 81.0 Å². The first kappa shape index (κ1) is 10.3. The molecule has 0 aliphatic rings. The minimum atomic E-state index is 0.584. The third-order valence-corrected chi connectivity index (χ3v) is 2.48. The fourth-order valence-electron chi connectivity index (χ4n) is 1.48. The Morgan fingerprint density at radius 3 is 2.62 bits per heavy atom. The van der Waals surface area contributed by atoms with Gasteiger partial charge < -0.3 is 5.73 Å². The van der Waals surface area contributed by atoms with E-state index in [1.807, 2.05) is 0 Å². The highest BCUT2D eigenvalue weighted by molar-refractivity contribution is 5.30. The van der Waals surface area contributed by atoms with Gasteiger partial charge in [-0.3, -0.25) is 0 Å². The molecule has 1 nitrogen and oxygen atoms in total. The van der Waals surface area contributed by atoms with Crippen molar-refractivity contribution >= 4 is 0 Å². The van der Waals surface area contributed by atoms with Gasteiger partial charge in [0, 0.05) is 0 Å². The second kappa shape index (κ2) is 4.43. The minimum absolute atomic E-state index is 0.584. The molecule has 72 valence electrons. The zero-order valence-corrected chi connectivity index (χ0v) is 8.80. The Hall–Kier alpha value is -0.820. The molecule has 0 heterocycles. The van der Waals surface area contributed by atoms with Crippen LogP contribution in [0, 0.1) is 19.8 Å². The summed E-state index contributed by atoms with van der Waals surface area (Å²) in [7, 11) is 0. The van der Waals surface area contributed by atoms with E-state index in [1.54, 1.807) is 0 Å². The third-order valence-electron chi connectivity index (χ3n) is 2.48. The van der Waals surface area contributed by atoms with Gasteiger partial charge in [0.15, 0.2) is 0 Å². The minimum Gasteiger partial charge on any atom is -0.330 e. The van der Waals surface area contributed by atoms with Gasteiger partial charge in [-0.15, -0.1) is 0 Å². The maximum Gasteiger partial charge on any atom is -0.00483 e. The normalized spacial score (nSPS) is 12.9.